The van der Waals surface area contributed by atoms with Crippen LogP contribution in [0.4, 0.5) is 5.69 Å². The number of aromatic nitrogens is 3. The number of rotatable bonds is 5. The first kappa shape index (κ1) is 26.2. The molecule has 1 aliphatic carbocycles. The molecule has 0 spiro atoms. The molecule has 2 heterocycles. The maximum atomic E-state index is 13.9. The van der Waals surface area contributed by atoms with E-state index in [1.807, 2.05) is 25.5 Å². The number of carbonyl (C=O) groups is 2. The van der Waals surface area contributed by atoms with Gasteiger partial charge in [-0.25, -0.2) is 14.5 Å². The van der Waals surface area contributed by atoms with Crippen LogP contribution in [-0.2, 0) is 0 Å². The Balaban J connectivity index is 1.75. The van der Waals surface area contributed by atoms with Crippen LogP contribution < -0.4 is 4.90 Å². The highest BCUT2D eigenvalue weighted by atomic mass is 35.5. The molecule has 3 aromatic rings. The summed E-state index contributed by atoms with van der Waals surface area (Å²) in [7, 11) is 0. The number of thiophene rings is 1. The zero-order valence-corrected chi connectivity index (χ0v) is 22.5. The fraction of sp³-hybridized carbons (Fsp3) is 0.385. The molecule has 188 valence electrons. The van der Waals surface area contributed by atoms with Crippen molar-refractivity contribution in [3.63, 3.8) is 0 Å². The lowest BCUT2D eigenvalue weighted by Gasteiger charge is -2.37. The summed E-state index contributed by atoms with van der Waals surface area (Å²) < 4.78 is 1.84. The van der Waals surface area contributed by atoms with Gasteiger partial charge in [0.15, 0.2) is 0 Å². The third kappa shape index (κ3) is 5.92. The van der Waals surface area contributed by atoms with Gasteiger partial charge in [-0.15, -0.1) is 11.3 Å². The first-order valence-corrected chi connectivity index (χ1v) is 13.1. The number of benzene rings is 1. The number of nitrogens with zero attached hydrogens (tertiary/aromatic N) is 4. The molecule has 1 amide bonds. The Morgan fingerprint density at radius 2 is 1.89 bits per heavy atom. The van der Waals surface area contributed by atoms with Crippen LogP contribution >= 0.6 is 34.5 Å². The van der Waals surface area contributed by atoms with Crippen molar-refractivity contribution in [2.75, 3.05) is 4.90 Å². The zero-order valence-electron chi connectivity index (χ0n) is 20.2. The smallest absolute Gasteiger partial charge is 0.348 e. The fourth-order valence-corrected chi connectivity index (χ4v) is 5.61. The number of halogens is 2. The lowest BCUT2D eigenvalue weighted by molar-refractivity contribution is 0.0702. The Kier molecular flexibility index (Phi) is 7.74. The highest BCUT2D eigenvalue weighted by molar-refractivity contribution is 7.15. The molecule has 0 atom stereocenters. The van der Waals surface area contributed by atoms with E-state index < -0.39 is 5.97 Å². The largest absolute Gasteiger partial charge is 0.477 e. The molecule has 36 heavy (non-hydrogen) atoms. The standard InChI is InChI=1S/C26H26Cl2N4O3S/c1-26(2,3)11-10-19-13-22(23(36-19)25(34)35)32(24(33)20-9-4-16(27)12-21(20)28)18-7-5-17(6-8-18)31-15-29-14-30-31/h4,9,12-15,17-18H,5-8H2,1-3H3,(H,34,35)/t17-,18+. The molecule has 0 unspecified atom stereocenters. The van der Waals surface area contributed by atoms with Gasteiger partial charge in [0.2, 0.25) is 0 Å². The van der Waals surface area contributed by atoms with E-state index in [4.69, 9.17) is 23.2 Å². The Bertz CT molecular complexity index is 1330. The average molecular weight is 545 g/mol. The third-order valence-corrected chi connectivity index (χ3v) is 7.52. The SMILES string of the molecule is CC(C)(C)C#Cc1cc(N(C(=O)c2ccc(Cl)cc2Cl)[C@H]2CC[C@@H](n3cncn3)CC2)c(C(=O)O)s1. The van der Waals surface area contributed by atoms with E-state index in [2.05, 4.69) is 21.9 Å². The Hall–Kier alpha value is -2.86. The number of carboxylic acid groups (broad SMARTS) is 1. The molecular formula is C26H26Cl2N4O3S. The van der Waals surface area contributed by atoms with Gasteiger partial charge in [-0.3, -0.25) is 4.79 Å². The van der Waals surface area contributed by atoms with E-state index in [0.29, 0.717) is 28.4 Å². The van der Waals surface area contributed by atoms with Gasteiger partial charge < -0.3 is 10.0 Å². The lowest BCUT2D eigenvalue weighted by Crippen LogP contribution is -2.43. The van der Waals surface area contributed by atoms with Crippen molar-refractivity contribution in [3.8, 4) is 11.8 Å². The van der Waals surface area contributed by atoms with Crippen molar-refractivity contribution < 1.29 is 14.7 Å². The minimum atomic E-state index is -1.10. The van der Waals surface area contributed by atoms with E-state index >= 15 is 0 Å². The first-order valence-electron chi connectivity index (χ1n) is 11.6. The minimum absolute atomic E-state index is 0.0741. The average Bonchev–Trinajstić information content (AvgIpc) is 3.49. The quantitative estimate of drug-likeness (QED) is 0.366. The van der Waals surface area contributed by atoms with Crippen LogP contribution in [0.1, 0.15) is 77.4 Å². The Morgan fingerprint density at radius 1 is 1.17 bits per heavy atom. The van der Waals surface area contributed by atoms with E-state index in [0.717, 1.165) is 24.2 Å². The zero-order chi connectivity index (χ0) is 26.0. The van der Waals surface area contributed by atoms with Gasteiger partial charge in [0, 0.05) is 16.5 Å². The molecule has 1 fully saturated rings. The minimum Gasteiger partial charge on any atom is -0.477 e. The van der Waals surface area contributed by atoms with Gasteiger partial charge in [0.25, 0.3) is 5.91 Å². The van der Waals surface area contributed by atoms with E-state index in [-0.39, 0.29) is 38.9 Å². The summed E-state index contributed by atoms with van der Waals surface area (Å²) >= 11 is 13.5. The summed E-state index contributed by atoms with van der Waals surface area (Å²) in [6.07, 6.45) is 6.08. The molecule has 1 N–H and O–H groups in total. The van der Waals surface area contributed by atoms with Gasteiger partial charge >= 0.3 is 5.97 Å². The van der Waals surface area contributed by atoms with E-state index in [1.165, 1.54) is 12.4 Å². The van der Waals surface area contributed by atoms with Gasteiger partial charge in [0.1, 0.15) is 17.5 Å². The molecule has 0 saturated heterocycles. The number of carboxylic acids is 1. The van der Waals surface area contributed by atoms with Gasteiger partial charge in [-0.2, -0.15) is 5.10 Å². The number of hydrogen-bond donors (Lipinski definition) is 1. The molecule has 0 radical (unpaired) electrons. The summed E-state index contributed by atoms with van der Waals surface area (Å²) in [5.41, 5.74) is 0.356. The fourth-order valence-electron chi connectivity index (χ4n) is 4.28. The number of aromatic carboxylic acids is 1. The molecular weight excluding hydrogens is 519 g/mol. The van der Waals surface area contributed by atoms with Crippen LogP contribution in [0.25, 0.3) is 0 Å². The summed E-state index contributed by atoms with van der Waals surface area (Å²) in [4.78, 5) is 32.5. The number of hydrogen-bond acceptors (Lipinski definition) is 5. The van der Waals surface area contributed by atoms with Gasteiger partial charge in [-0.05, 0) is 70.7 Å². The van der Waals surface area contributed by atoms with Crippen molar-refractivity contribution in [3.05, 3.63) is 62.3 Å². The van der Waals surface area contributed by atoms with Crippen LogP contribution in [0.2, 0.25) is 10.0 Å². The van der Waals surface area contributed by atoms with Crippen LogP contribution in [0.3, 0.4) is 0 Å². The maximum Gasteiger partial charge on any atom is 0.348 e. The second kappa shape index (κ2) is 10.6. The lowest BCUT2D eigenvalue weighted by atomic mass is 9.89. The Labute approximate surface area is 224 Å². The molecule has 4 rings (SSSR count). The molecule has 7 nitrogen and oxygen atoms in total. The van der Waals surface area contributed by atoms with Crippen molar-refractivity contribution in [1.82, 2.24) is 14.8 Å². The van der Waals surface area contributed by atoms with Gasteiger partial charge in [-0.1, -0.05) is 35.0 Å². The highest BCUT2D eigenvalue weighted by Gasteiger charge is 2.35. The van der Waals surface area contributed by atoms with Gasteiger partial charge in [0.05, 0.1) is 27.2 Å². The monoisotopic (exact) mass is 544 g/mol. The molecule has 10 heteroatoms. The van der Waals surface area contributed by atoms with Crippen LogP contribution in [0.15, 0.2) is 36.9 Å². The number of anilines is 1. The summed E-state index contributed by atoms with van der Waals surface area (Å²) in [5.74, 6) is 4.77. The van der Waals surface area contributed by atoms with E-state index in [9.17, 15) is 14.7 Å². The normalized spacial score (nSPS) is 17.8. The predicted molar refractivity (Wildman–Crippen MR) is 142 cm³/mol. The Morgan fingerprint density at radius 3 is 2.47 bits per heavy atom. The van der Waals surface area contributed by atoms with E-state index in [1.54, 1.807) is 29.4 Å². The van der Waals surface area contributed by atoms with Crippen molar-refractivity contribution >= 4 is 52.1 Å². The van der Waals surface area contributed by atoms with Crippen LogP contribution in [0, 0.1) is 17.3 Å². The summed E-state index contributed by atoms with van der Waals surface area (Å²) in [5, 5.41) is 14.9. The molecule has 2 aromatic heterocycles. The van der Waals surface area contributed by atoms with Crippen molar-refractivity contribution in [2.24, 2.45) is 5.41 Å². The second-order valence-corrected chi connectivity index (χ2v) is 11.7. The predicted octanol–water partition coefficient (Wildman–Crippen LogP) is 6.57. The van der Waals surface area contributed by atoms with Crippen LogP contribution in [0.5, 0.6) is 0 Å². The van der Waals surface area contributed by atoms with Crippen molar-refractivity contribution in [2.45, 2.75) is 58.5 Å². The summed E-state index contributed by atoms with van der Waals surface area (Å²) in [6.45, 7) is 5.95. The molecule has 0 bridgehead atoms. The highest BCUT2D eigenvalue weighted by Crippen LogP contribution is 2.39. The van der Waals surface area contributed by atoms with Crippen LogP contribution in [-0.4, -0.2) is 37.8 Å². The number of amides is 1. The third-order valence-electron chi connectivity index (χ3n) is 5.95. The summed E-state index contributed by atoms with van der Waals surface area (Å²) in [6, 6.07) is 6.36. The molecule has 1 aliphatic rings. The van der Waals surface area contributed by atoms with Crippen molar-refractivity contribution in [1.29, 1.82) is 0 Å². The first-order chi connectivity index (χ1) is 17.0. The number of carbonyl (C=O) groups excluding carboxylic acids is 1. The topological polar surface area (TPSA) is 88.3 Å². The molecule has 1 aromatic carbocycles. The molecule has 0 aliphatic heterocycles. The maximum absolute atomic E-state index is 13.9. The molecule has 1 saturated carbocycles. The second-order valence-electron chi connectivity index (χ2n) is 9.77.